The summed E-state index contributed by atoms with van der Waals surface area (Å²) >= 11 is 0. The number of hydrogen-bond acceptors (Lipinski definition) is 4. The van der Waals surface area contributed by atoms with Gasteiger partial charge in [-0.05, 0) is 31.0 Å². The summed E-state index contributed by atoms with van der Waals surface area (Å²) in [6.45, 7) is 1.02. The Morgan fingerprint density at radius 1 is 1.21 bits per heavy atom. The standard InChI is InChI=1S/C20H27N3O5/c1-28-17-9-8-13(12-16(17)23-11-10-21-20(23)27)18(24)22-15-7-5-3-2-4-6-14(15)19(25)26/h8-9,12,14-15H,2-7,10-11H2,1H3,(H,21,27)(H,22,24)(H,25,26). The maximum atomic E-state index is 12.9. The second-order valence-electron chi connectivity index (χ2n) is 7.29. The van der Waals surface area contributed by atoms with Crippen LogP contribution in [-0.4, -0.2) is 49.3 Å². The van der Waals surface area contributed by atoms with Crippen molar-refractivity contribution in [1.29, 1.82) is 0 Å². The van der Waals surface area contributed by atoms with Gasteiger partial charge in [0.05, 0.1) is 18.7 Å². The number of hydrogen-bond donors (Lipinski definition) is 3. The molecule has 2 fully saturated rings. The molecule has 2 aliphatic rings. The number of nitrogens with zero attached hydrogens (tertiary/aromatic N) is 1. The Hall–Kier alpha value is -2.77. The molecule has 2 unspecified atom stereocenters. The van der Waals surface area contributed by atoms with Crippen LogP contribution in [0.3, 0.4) is 0 Å². The van der Waals surface area contributed by atoms with Crippen LogP contribution in [0.25, 0.3) is 0 Å². The van der Waals surface area contributed by atoms with Gasteiger partial charge in [-0.3, -0.25) is 14.5 Å². The van der Waals surface area contributed by atoms with Crippen molar-refractivity contribution in [2.45, 2.75) is 44.6 Å². The zero-order valence-electron chi connectivity index (χ0n) is 16.1. The zero-order chi connectivity index (χ0) is 20.1. The molecule has 28 heavy (non-hydrogen) atoms. The van der Waals surface area contributed by atoms with Crippen molar-refractivity contribution in [2.75, 3.05) is 25.1 Å². The van der Waals surface area contributed by atoms with Gasteiger partial charge < -0.3 is 20.5 Å². The molecule has 3 N–H and O–H groups in total. The number of aliphatic carboxylic acids is 1. The fraction of sp³-hybridized carbons (Fsp3) is 0.550. The van der Waals surface area contributed by atoms with E-state index in [1.807, 2.05) is 0 Å². The summed E-state index contributed by atoms with van der Waals surface area (Å²) in [6.07, 6.45) is 5.07. The van der Waals surface area contributed by atoms with Gasteiger partial charge in [-0.25, -0.2) is 4.79 Å². The van der Waals surface area contributed by atoms with E-state index < -0.39 is 17.9 Å². The molecular weight excluding hydrogens is 362 g/mol. The molecule has 3 rings (SSSR count). The smallest absolute Gasteiger partial charge is 0.322 e. The highest BCUT2D eigenvalue weighted by Gasteiger charge is 2.31. The average Bonchev–Trinajstić information content (AvgIpc) is 3.08. The number of carboxylic acids is 1. The predicted molar refractivity (Wildman–Crippen MR) is 104 cm³/mol. The van der Waals surface area contributed by atoms with Crippen molar-refractivity contribution in [3.05, 3.63) is 23.8 Å². The molecule has 0 radical (unpaired) electrons. The summed E-state index contributed by atoms with van der Waals surface area (Å²) in [5.74, 6) is -1.27. The SMILES string of the molecule is COc1ccc(C(=O)NC2CCCCCCC2C(=O)O)cc1N1CCNC1=O. The first-order chi connectivity index (χ1) is 13.5. The number of urea groups is 1. The molecule has 1 aromatic carbocycles. The fourth-order valence-corrected chi connectivity index (χ4v) is 3.95. The number of nitrogens with one attached hydrogen (secondary N) is 2. The highest BCUT2D eigenvalue weighted by atomic mass is 16.5. The quantitative estimate of drug-likeness (QED) is 0.717. The lowest BCUT2D eigenvalue weighted by Crippen LogP contribution is -2.44. The topological polar surface area (TPSA) is 108 Å². The van der Waals surface area contributed by atoms with E-state index in [1.165, 1.54) is 12.0 Å². The molecule has 1 aliphatic carbocycles. The molecule has 1 aliphatic heterocycles. The van der Waals surface area contributed by atoms with Crippen LogP contribution in [0.5, 0.6) is 5.75 Å². The first-order valence-corrected chi connectivity index (χ1v) is 9.78. The number of anilines is 1. The van der Waals surface area contributed by atoms with Crippen LogP contribution in [0, 0.1) is 5.92 Å². The van der Waals surface area contributed by atoms with E-state index in [0.717, 1.165) is 25.7 Å². The summed E-state index contributed by atoms with van der Waals surface area (Å²) in [7, 11) is 1.51. The van der Waals surface area contributed by atoms with E-state index in [0.29, 0.717) is 42.9 Å². The van der Waals surface area contributed by atoms with Crippen LogP contribution in [0.4, 0.5) is 10.5 Å². The Balaban J connectivity index is 1.81. The van der Waals surface area contributed by atoms with Crippen LogP contribution >= 0.6 is 0 Å². The summed E-state index contributed by atoms with van der Waals surface area (Å²) in [4.78, 5) is 38.1. The number of carbonyl (C=O) groups is 3. The number of carboxylic acid groups (broad SMARTS) is 1. The minimum absolute atomic E-state index is 0.234. The van der Waals surface area contributed by atoms with Crippen LogP contribution in [-0.2, 0) is 4.79 Å². The monoisotopic (exact) mass is 389 g/mol. The summed E-state index contributed by atoms with van der Waals surface area (Å²) in [5, 5.41) is 15.2. The number of rotatable bonds is 5. The number of ether oxygens (including phenoxy) is 1. The highest BCUT2D eigenvalue weighted by molar-refractivity contribution is 6.00. The van der Waals surface area contributed by atoms with E-state index in [-0.39, 0.29) is 11.9 Å². The minimum atomic E-state index is -0.864. The Kier molecular flexibility index (Phi) is 6.38. The van der Waals surface area contributed by atoms with Crippen molar-refractivity contribution < 1.29 is 24.2 Å². The molecule has 8 heteroatoms. The largest absolute Gasteiger partial charge is 0.495 e. The lowest BCUT2D eigenvalue weighted by atomic mass is 9.86. The Bertz CT molecular complexity index is 751. The van der Waals surface area contributed by atoms with Gasteiger partial charge in [-0.1, -0.05) is 25.7 Å². The highest BCUT2D eigenvalue weighted by Crippen LogP contribution is 2.31. The summed E-state index contributed by atoms with van der Waals surface area (Å²) in [6, 6.07) is 4.28. The Morgan fingerprint density at radius 2 is 1.96 bits per heavy atom. The van der Waals surface area contributed by atoms with Gasteiger partial charge in [0.15, 0.2) is 0 Å². The second kappa shape index (κ2) is 8.95. The summed E-state index contributed by atoms with van der Waals surface area (Å²) in [5.41, 5.74) is 0.902. The van der Waals surface area contributed by atoms with Gasteiger partial charge in [0, 0.05) is 24.7 Å². The fourth-order valence-electron chi connectivity index (χ4n) is 3.95. The third kappa shape index (κ3) is 4.37. The van der Waals surface area contributed by atoms with Gasteiger partial charge in [-0.15, -0.1) is 0 Å². The maximum absolute atomic E-state index is 12.9. The predicted octanol–water partition coefficient (Wildman–Crippen LogP) is 2.38. The molecule has 1 heterocycles. The lowest BCUT2D eigenvalue weighted by Gasteiger charge is -2.27. The van der Waals surface area contributed by atoms with Crippen LogP contribution in [0.15, 0.2) is 18.2 Å². The molecule has 0 bridgehead atoms. The molecule has 2 atom stereocenters. The molecule has 8 nitrogen and oxygen atoms in total. The van der Waals surface area contributed by atoms with E-state index in [2.05, 4.69) is 10.6 Å². The van der Waals surface area contributed by atoms with E-state index >= 15 is 0 Å². The lowest BCUT2D eigenvalue weighted by molar-refractivity contribution is -0.143. The van der Waals surface area contributed by atoms with Gasteiger partial charge in [-0.2, -0.15) is 0 Å². The number of benzene rings is 1. The Labute approximate surface area is 164 Å². The summed E-state index contributed by atoms with van der Waals surface area (Å²) < 4.78 is 5.34. The van der Waals surface area contributed by atoms with Crippen LogP contribution in [0.2, 0.25) is 0 Å². The van der Waals surface area contributed by atoms with Gasteiger partial charge >= 0.3 is 12.0 Å². The van der Waals surface area contributed by atoms with Crippen LogP contribution in [0.1, 0.15) is 48.9 Å². The number of amides is 3. The molecule has 1 aromatic rings. The van der Waals surface area contributed by atoms with Crippen molar-refractivity contribution in [2.24, 2.45) is 5.92 Å². The molecule has 1 saturated heterocycles. The van der Waals surface area contributed by atoms with Crippen molar-refractivity contribution in [3.63, 3.8) is 0 Å². The molecule has 1 saturated carbocycles. The Morgan fingerprint density at radius 3 is 2.61 bits per heavy atom. The number of methoxy groups -OCH3 is 1. The van der Waals surface area contributed by atoms with E-state index in [4.69, 9.17) is 4.74 Å². The molecular formula is C20H27N3O5. The van der Waals surface area contributed by atoms with E-state index in [1.54, 1.807) is 18.2 Å². The van der Waals surface area contributed by atoms with Gasteiger partial charge in [0.25, 0.3) is 5.91 Å². The maximum Gasteiger partial charge on any atom is 0.322 e. The molecule has 152 valence electrons. The third-order valence-electron chi connectivity index (χ3n) is 5.49. The molecule has 3 amide bonds. The van der Waals surface area contributed by atoms with Crippen molar-refractivity contribution >= 4 is 23.6 Å². The third-order valence-corrected chi connectivity index (χ3v) is 5.49. The van der Waals surface area contributed by atoms with Gasteiger partial charge in [0.1, 0.15) is 5.75 Å². The van der Waals surface area contributed by atoms with Crippen molar-refractivity contribution in [3.8, 4) is 5.75 Å². The first-order valence-electron chi connectivity index (χ1n) is 9.78. The molecule has 0 spiro atoms. The van der Waals surface area contributed by atoms with Crippen LogP contribution < -0.4 is 20.3 Å². The van der Waals surface area contributed by atoms with Gasteiger partial charge in [0.2, 0.25) is 0 Å². The zero-order valence-corrected chi connectivity index (χ0v) is 16.1. The van der Waals surface area contributed by atoms with E-state index in [9.17, 15) is 19.5 Å². The number of carbonyl (C=O) groups excluding carboxylic acids is 2. The minimum Gasteiger partial charge on any atom is -0.495 e. The first kappa shape index (κ1) is 20.0. The van der Waals surface area contributed by atoms with Crippen molar-refractivity contribution in [1.82, 2.24) is 10.6 Å². The molecule has 0 aromatic heterocycles. The second-order valence-corrected chi connectivity index (χ2v) is 7.29. The average molecular weight is 389 g/mol. The normalized spacial score (nSPS) is 22.8.